The van der Waals surface area contributed by atoms with E-state index in [0.717, 1.165) is 0 Å². The number of rotatable bonds is 1. The van der Waals surface area contributed by atoms with Crippen LogP contribution in [0.2, 0.25) is 0 Å². The van der Waals surface area contributed by atoms with Gasteiger partial charge in [0.25, 0.3) is 0 Å². The van der Waals surface area contributed by atoms with Gasteiger partial charge in [-0.1, -0.05) is 0 Å². The van der Waals surface area contributed by atoms with Gasteiger partial charge >= 0.3 is 13.2 Å². The van der Waals surface area contributed by atoms with E-state index in [4.69, 9.17) is 4.74 Å². The fourth-order valence-electron chi connectivity index (χ4n) is 1.75. The Morgan fingerprint density at radius 3 is 2.63 bits per heavy atom. The molecule has 0 unspecified atom stereocenters. The second kappa shape index (κ2) is 4.67. The predicted molar refractivity (Wildman–Crippen MR) is 71.2 cm³/mol. The van der Waals surface area contributed by atoms with Crippen LogP contribution >= 0.6 is 0 Å². The van der Waals surface area contributed by atoms with Crippen LogP contribution in [0.25, 0.3) is 10.9 Å². The summed E-state index contributed by atoms with van der Waals surface area (Å²) in [6.07, 6.45) is 3.82. The van der Waals surface area contributed by atoms with Crippen molar-refractivity contribution in [3.63, 3.8) is 0 Å². The molecule has 2 heterocycles. The average Bonchev–Trinajstić information content (AvgIpc) is 2.69. The molecule has 0 aliphatic carbocycles. The summed E-state index contributed by atoms with van der Waals surface area (Å²) in [5.41, 5.74) is 0.120. The van der Waals surface area contributed by atoms with E-state index in [0.29, 0.717) is 10.9 Å². The summed E-state index contributed by atoms with van der Waals surface area (Å²) in [6.45, 7) is 5.33. The number of ether oxygens (including phenoxy) is 1. The number of hydrogen-bond acceptors (Lipinski definition) is 5. The summed E-state index contributed by atoms with van der Waals surface area (Å²) in [5.74, 6) is 0. The van der Waals surface area contributed by atoms with E-state index in [-0.39, 0.29) is 5.46 Å². The summed E-state index contributed by atoms with van der Waals surface area (Å²) in [4.78, 5) is 15.9. The first kappa shape index (κ1) is 13.6. The van der Waals surface area contributed by atoms with Crippen molar-refractivity contribution in [3.05, 3.63) is 24.7 Å². The lowest BCUT2D eigenvalue weighted by Crippen LogP contribution is -2.31. The Kier molecular flexibility index (Phi) is 3.34. The zero-order valence-corrected chi connectivity index (χ0v) is 11.0. The summed E-state index contributed by atoms with van der Waals surface area (Å²) < 4.78 is 6.55. The van der Waals surface area contributed by atoms with Gasteiger partial charge in [-0.05, 0) is 26.8 Å². The third-order valence-corrected chi connectivity index (χ3v) is 2.52. The van der Waals surface area contributed by atoms with Gasteiger partial charge in [0.05, 0.1) is 11.7 Å². The van der Waals surface area contributed by atoms with Gasteiger partial charge in [0.15, 0.2) is 0 Å². The van der Waals surface area contributed by atoms with Gasteiger partial charge in [0.2, 0.25) is 0 Å². The maximum atomic E-state index is 12.0. The molecule has 0 fully saturated rings. The van der Waals surface area contributed by atoms with Gasteiger partial charge in [-0.15, -0.1) is 0 Å². The van der Waals surface area contributed by atoms with Crippen LogP contribution in [0.3, 0.4) is 0 Å². The van der Waals surface area contributed by atoms with Crippen LogP contribution in [0.5, 0.6) is 0 Å². The van der Waals surface area contributed by atoms with Gasteiger partial charge in [-0.3, -0.25) is 9.55 Å². The molecule has 100 valence electrons. The van der Waals surface area contributed by atoms with Gasteiger partial charge < -0.3 is 14.8 Å². The number of carbonyl (C=O) groups excluding carboxylic acids is 1. The maximum Gasteiger partial charge on any atom is 0.490 e. The minimum Gasteiger partial charge on any atom is -0.443 e. The van der Waals surface area contributed by atoms with E-state index in [9.17, 15) is 14.8 Å². The second-order valence-corrected chi connectivity index (χ2v) is 5.20. The van der Waals surface area contributed by atoms with E-state index in [1.165, 1.54) is 23.2 Å². The molecule has 0 aromatic carbocycles. The van der Waals surface area contributed by atoms with E-state index in [2.05, 4.69) is 4.98 Å². The Labute approximate surface area is 110 Å². The van der Waals surface area contributed by atoms with Crippen LogP contribution in [0.15, 0.2) is 24.7 Å². The number of pyridine rings is 1. The van der Waals surface area contributed by atoms with Gasteiger partial charge in [-0.2, -0.15) is 0 Å². The van der Waals surface area contributed by atoms with Crippen LogP contribution in [0, 0.1) is 0 Å². The fourth-order valence-corrected chi connectivity index (χ4v) is 1.75. The molecule has 2 rings (SSSR count). The van der Waals surface area contributed by atoms with Crippen molar-refractivity contribution in [3.8, 4) is 0 Å². The average molecular weight is 262 g/mol. The van der Waals surface area contributed by atoms with E-state index in [1.54, 1.807) is 26.8 Å². The Bertz CT molecular complexity index is 616. The van der Waals surface area contributed by atoms with Gasteiger partial charge in [0, 0.05) is 23.2 Å². The highest BCUT2D eigenvalue weighted by Crippen LogP contribution is 2.16. The second-order valence-electron chi connectivity index (χ2n) is 5.20. The summed E-state index contributed by atoms with van der Waals surface area (Å²) in [7, 11) is -1.63. The predicted octanol–water partition coefficient (Wildman–Crippen LogP) is 0.499. The molecule has 6 nitrogen and oxygen atoms in total. The summed E-state index contributed by atoms with van der Waals surface area (Å²) in [5, 5.41) is 19.0. The number of carbonyl (C=O) groups is 1. The van der Waals surface area contributed by atoms with E-state index in [1.807, 2.05) is 0 Å². The Morgan fingerprint density at radius 1 is 1.37 bits per heavy atom. The molecule has 0 aliphatic rings. The molecule has 2 N–H and O–H groups in total. The van der Waals surface area contributed by atoms with Crippen LogP contribution in [-0.2, 0) is 4.74 Å². The zero-order valence-electron chi connectivity index (χ0n) is 11.0. The smallest absolute Gasteiger partial charge is 0.443 e. The minimum atomic E-state index is -1.63. The Hall–Kier alpha value is -1.86. The van der Waals surface area contributed by atoms with Crippen LogP contribution in [0.1, 0.15) is 20.8 Å². The first-order valence-corrected chi connectivity index (χ1v) is 5.84. The topological polar surface area (TPSA) is 84.6 Å². The normalized spacial score (nSPS) is 11.6. The highest BCUT2D eigenvalue weighted by Gasteiger charge is 2.22. The van der Waals surface area contributed by atoms with Crippen molar-refractivity contribution in [2.24, 2.45) is 0 Å². The summed E-state index contributed by atoms with van der Waals surface area (Å²) >= 11 is 0. The molecule has 19 heavy (non-hydrogen) atoms. The fraction of sp³-hybridized carbons (Fsp3) is 0.333. The Morgan fingerprint density at radius 2 is 2.05 bits per heavy atom. The lowest BCUT2D eigenvalue weighted by Gasteiger charge is -2.19. The molecule has 0 saturated heterocycles. The van der Waals surface area contributed by atoms with Crippen molar-refractivity contribution in [1.29, 1.82) is 0 Å². The van der Waals surface area contributed by atoms with Crippen molar-refractivity contribution in [2.45, 2.75) is 26.4 Å². The molecule has 0 amide bonds. The van der Waals surface area contributed by atoms with Crippen molar-refractivity contribution in [2.75, 3.05) is 0 Å². The first-order valence-electron chi connectivity index (χ1n) is 5.84. The number of aromatic nitrogens is 2. The zero-order chi connectivity index (χ0) is 14.2. The van der Waals surface area contributed by atoms with Crippen LogP contribution < -0.4 is 5.46 Å². The van der Waals surface area contributed by atoms with Gasteiger partial charge in [-0.25, -0.2) is 4.79 Å². The monoisotopic (exact) mass is 262 g/mol. The van der Waals surface area contributed by atoms with E-state index >= 15 is 0 Å². The molecule has 0 radical (unpaired) electrons. The third-order valence-electron chi connectivity index (χ3n) is 2.52. The molecule has 0 spiro atoms. The molecule has 7 heteroatoms. The minimum absolute atomic E-state index is 0.250. The first-order chi connectivity index (χ1) is 8.79. The third kappa shape index (κ3) is 2.77. The lowest BCUT2D eigenvalue weighted by molar-refractivity contribution is 0.0544. The van der Waals surface area contributed by atoms with Crippen molar-refractivity contribution in [1.82, 2.24) is 9.55 Å². The standard InChI is InChI=1S/C12H15BN2O4/c1-12(2,3)19-11(16)15-5-4-8-9(13(17)18)6-14-7-10(8)15/h4-7,17-18H,1-3H3. The number of nitrogens with zero attached hydrogens (tertiary/aromatic N) is 2. The van der Waals surface area contributed by atoms with Crippen molar-refractivity contribution < 1.29 is 19.6 Å². The molecule has 2 aromatic rings. The molecule has 0 bridgehead atoms. The van der Waals surface area contributed by atoms with Crippen LogP contribution in [-0.4, -0.2) is 38.4 Å². The maximum absolute atomic E-state index is 12.0. The quantitative estimate of drug-likeness (QED) is 0.731. The highest BCUT2D eigenvalue weighted by atomic mass is 16.6. The number of hydrogen-bond donors (Lipinski definition) is 2. The molecular formula is C12H15BN2O4. The molecular weight excluding hydrogens is 247 g/mol. The van der Waals surface area contributed by atoms with E-state index < -0.39 is 18.8 Å². The highest BCUT2D eigenvalue weighted by molar-refractivity contribution is 6.61. The molecule has 0 aliphatic heterocycles. The SMILES string of the molecule is CC(C)(C)OC(=O)n1ccc2c(B(O)O)cncc21. The van der Waals surface area contributed by atoms with Gasteiger partial charge in [0.1, 0.15) is 5.60 Å². The largest absolute Gasteiger partial charge is 0.490 e. The molecule has 2 aromatic heterocycles. The van der Waals surface area contributed by atoms with Crippen LogP contribution in [0.4, 0.5) is 4.79 Å². The molecule has 0 saturated carbocycles. The molecule has 0 atom stereocenters. The number of fused-ring (bicyclic) bond motifs is 1. The van der Waals surface area contributed by atoms with Crippen molar-refractivity contribution >= 4 is 29.6 Å². The lowest BCUT2D eigenvalue weighted by atomic mass is 9.79. The summed E-state index contributed by atoms with van der Waals surface area (Å²) in [6, 6.07) is 1.62. The Balaban J connectivity index is 2.47.